The van der Waals surface area contributed by atoms with Gasteiger partial charge in [-0.3, -0.25) is 14.4 Å². The third kappa shape index (κ3) is 8.58. The molecule has 9 nitrogen and oxygen atoms in total. The summed E-state index contributed by atoms with van der Waals surface area (Å²) in [5.74, 6) is -3.22. The standard InChI is InChI=1S/C21H32N4O5S/c1-4-12(2)17(25-18(26)13(3)22)20(28)23-15(10-14-8-6-5-7-9-14)19(27)24-16(11-31)21(29)30/h5-9,12-13,15-17,31H,4,10-11,22H2,1-3H3,(H,23,28)(H,24,27)(H,25,26)(H,29,30). The van der Waals surface area contributed by atoms with Crippen LogP contribution in [0.2, 0.25) is 0 Å². The second-order valence-corrected chi connectivity index (χ2v) is 7.86. The molecule has 0 aliphatic heterocycles. The van der Waals surface area contributed by atoms with Crippen molar-refractivity contribution < 1.29 is 24.3 Å². The molecule has 172 valence electrons. The lowest BCUT2D eigenvalue weighted by Crippen LogP contribution is -2.59. The van der Waals surface area contributed by atoms with Crippen LogP contribution in [-0.2, 0) is 25.6 Å². The molecule has 0 saturated heterocycles. The summed E-state index contributed by atoms with van der Waals surface area (Å²) in [5.41, 5.74) is 6.38. The first kappa shape index (κ1) is 26.4. The Morgan fingerprint density at radius 1 is 0.968 bits per heavy atom. The minimum atomic E-state index is -1.23. The Hall–Kier alpha value is -2.59. The van der Waals surface area contributed by atoms with E-state index >= 15 is 0 Å². The van der Waals surface area contributed by atoms with Gasteiger partial charge in [-0.05, 0) is 18.4 Å². The van der Waals surface area contributed by atoms with E-state index in [-0.39, 0.29) is 18.1 Å². The van der Waals surface area contributed by atoms with E-state index in [1.807, 2.05) is 13.0 Å². The smallest absolute Gasteiger partial charge is 0.327 e. The average Bonchev–Trinajstić information content (AvgIpc) is 2.74. The molecule has 1 aromatic carbocycles. The minimum absolute atomic E-state index is 0.104. The number of aliphatic carboxylic acids is 1. The number of amides is 3. The van der Waals surface area contributed by atoms with E-state index in [1.165, 1.54) is 6.92 Å². The highest BCUT2D eigenvalue weighted by atomic mass is 32.1. The highest BCUT2D eigenvalue weighted by Gasteiger charge is 2.31. The van der Waals surface area contributed by atoms with Crippen molar-refractivity contribution in [3.05, 3.63) is 35.9 Å². The Balaban J connectivity index is 3.09. The number of benzene rings is 1. The highest BCUT2D eigenvalue weighted by Crippen LogP contribution is 2.10. The van der Waals surface area contributed by atoms with Crippen LogP contribution in [-0.4, -0.2) is 58.7 Å². The molecule has 0 radical (unpaired) electrons. The Kier molecular flexibility index (Phi) is 11.1. The molecule has 1 aromatic rings. The number of carboxylic acid groups (broad SMARTS) is 1. The molecular weight excluding hydrogens is 420 g/mol. The first-order valence-corrected chi connectivity index (χ1v) is 10.8. The summed E-state index contributed by atoms with van der Waals surface area (Å²) in [5, 5.41) is 16.9. The van der Waals surface area contributed by atoms with Gasteiger partial charge in [0, 0.05) is 12.2 Å². The van der Waals surface area contributed by atoms with E-state index in [2.05, 4.69) is 28.6 Å². The van der Waals surface area contributed by atoms with Crippen molar-refractivity contribution in [2.24, 2.45) is 11.7 Å². The fraction of sp³-hybridized carbons (Fsp3) is 0.524. The maximum Gasteiger partial charge on any atom is 0.327 e. The molecule has 0 spiro atoms. The maximum atomic E-state index is 13.0. The fourth-order valence-electron chi connectivity index (χ4n) is 2.76. The van der Waals surface area contributed by atoms with E-state index in [0.29, 0.717) is 6.42 Å². The summed E-state index contributed by atoms with van der Waals surface area (Å²) in [6, 6.07) is 5.07. The number of hydrogen-bond donors (Lipinski definition) is 6. The second kappa shape index (κ2) is 13.0. The molecule has 3 amide bonds. The molecule has 1 rings (SSSR count). The third-order valence-electron chi connectivity index (χ3n) is 4.92. The van der Waals surface area contributed by atoms with Gasteiger partial charge in [0.2, 0.25) is 17.7 Å². The molecule has 31 heavy (non-hydrogen) atoms. The number of nitrogens with one attached hydrogen (secondary N) is 3. The van der Waals surface area contributed by atoms with Gasteiger partial charge < -0.3 is 26.8 Å². The molecule has 10 heteroatoms. The lowest BCUT2D eigenvalue weighted by molar-refractivity contribution is -0.141. The van der Waals surface area contributed by atoms with Gasteiger partial charge in [0.05, 0.1) is 6.04 Å². The van der Waals surface area contributed by atoms with Crippen molar-refractivity contribution >= 4 is 36.3 Å². The quantitative estimate of drug-likeness (QED) is 0.247. The Bertz CT molecular complexity index is 759. The summed E-state index contributed by atoms with van der Waals surface area (Å²) < 4.78 is 0. The van der Waals surface area contributed by atoms with Crippen molar-refractivity contribution in [1.29, 1.82) is 0 Å². The zero-order valence-corrected chi connectivity index (χ0v) is 18.9. The molecule has 0 heterocycles. The molecule has 6 N–H and O–H groups in total. The maximum absolute atomic E-state index is 13.0. The van der Waals surface area contributed by atoms with Crippen LogP contribution in [0.3, 0.4) is 0 Å². The van der Waals surface area contributed by atoms with Crippen molar-refractivity contribution in [3.63, 3.8) is 0 Å². The molecule has 0 bridgehead atoms. The molecule has 5 unspecified atom stereocenters. The van der Waals surface area contributed by atoms with Crippen molar-refractivity contribution in [1.82, 2.24) is 16.0 Å². The van der Waals surface area contributed by atoms with Gasteiger partial charge in [0.25, 0.3) is 0 Å². The number of rotatable bonds is 12. The normalized spacial score (nSPS) is 15.6. The number of hydrogen-bond acceptors (Lipinski definition) is 6. The largest absolute Gasteiger partial charge is 0.480 e. The van der Waals surface area contributed by atoms with Crippen LogP contribution in [0.15, 0.2) is 30.3 Å². The number of carbonyl (C=O) groups is 4. The van der Waals surface area contributed by atoms with Gasteiger partial charge in [0.1, 0.15) is 18.1 Å². The van der Waals surface area contributed by atoms with E-state index in [9.17, 15) is 24.3 Å². The summed E-state index contributed by atoms with van der Waals surface area (Å²) in [6.07, 6.45) is 0.749. The molecular formula is C21H32N4O5S. The van der Waals surface area contributed by atoms with Crippen LogP contribution in [0.1, 0.15) is 32.8 Å². The van der Waals surface area contributed by atoms with Crippen LogP contribution in [0.5, 0.6) is 0 Å². The minimum Gasteiger partial charge on any atom is -0.480 e. The predicted octanol–water partition coefficient (Wildman–Crippen LogP) is 0.0912. The monoisotopic (exact) mass is 452 g/mol. The molecule has 0 aliphatic rings. The van der Waals surface area contributed by atoms with Gasteiger partial charge in [-0.15, -0.1) is 0 Å². The van der Waals surface area contributed by atoms with Gasteiger partial charge in [-0.25, -0.2) is 4.79 Å². The molecule has 0 fully saturated rings. The number of thiol groups is 1. The Labute approximate surface area is 187 Å². The first-order valence-electron chi connectivity index (χ1n) is 10.1. The predicted molar refractivity (Wildman–Crippen MR) is 121 cm³/mol. The van der Waals surface area contributed by atoms with Gasteiger partial charge in [-0.2, -0.15) is 12.6 Å². The van der Waals surface area contributed by atoms with Crippen LogP contribution in [0.25, 0.3) is 0 Å². The lowest BCUT2D eigenvalue weighted by Gasteiger charge is -2.27. The van der Waals surface area contributed by atoms with E-state index in [1.54, 1.807) is 31.2 Å². The van der Waals surface area contributed by atoms with Crippen molar-refractivity contribution in [2.45, 2.75) is 57.8 Å². The molecule has 0 saturated carbocycles. The number of carbonyl (C=O) groups excluding carboxylic acids is 3. The van der Waals surface area contributed by atoms with Gasteiger partial charge >= 0.3 is 5.97 Å². The SMILES string of the molecule is CCC(C)C(NC(=O)C(C)N)C(=O)NC(Cc1ccccc1)C(=O)NC(CS)C(=O)O. The van der Waals surface area contributed by atoms with Crippen molar-refractivity contribution in [2.75, 3.05) is 5.75 Å². The summed E-state index contributed by atoms with van der Waals surface area (Å²) in [7, 11) is 0. The highest BCUT2D eigenvalue weighted by molar-refractivity contribution is 7.80. The second-order valence-electron chi connectivity index (χ2n) is 7.49. The zero-order valence-electron chi connectivity index (χ0n) is 18.0. The van der Waals surface area contributed by atoms with Crippen LogP contribution in [0.4, 0.5) is 0 Å². The molecule has 0 aromatic heterocycles. The number of carboxylic acids is 1. The van der Waals surface area contributed by atoms with Crippen molar-refractivity contribution in [3.8, 4) is 0 Å². The third-order valence-corrected chi connectivity index (χ3v) is 5.28. The fourth-order valence-corrected chi connectivity index (χ4v) is 3.01. The first-order chi connectivity index (χ1) is 14.6. The summed E-state index contributed by atoms with van der Waals surface area (Å²) >= 11 is 3.95. The zero-order chi connectivity index (χ0) is 23.6. The van der Waals surface area contributed by atoms with Gasteiger partial charge in [0.15, 0.2) is 0 Å². The summed E-state index contributed by atoms with van der Waals surface area (Å²) in [4.78, 5) is 49.2. The van der Waals surface area contributed by atoms with Crippen LogP contribution >= 0.6 is 12.6 Å². The average molecular weight is 453 g/mol. The van der Waals surface area contributed by atoms with Gasteiger partial charge in [-0.1, -0.05) is 50.6 Å². The Morgan fingerprint density at radius 3 is 2.03 bits per heavy atom. The van der Waals surface area contributed by atoms with E-state index in [4.69, 9.17) is 5.73 Å². The molecule has 0 aliphatic carbocycles. The van der Waals surface area contributed by atoms with E-state index in [0.717, 1.165) is 5.56 Å². The lowest BCUT2D eigenvalue weighted by atomic mass is 9.96. The van der Waals surface area contributed by atoms with Crippen LogP contribution in [0, 0.1) is 5.92 Å². The number of nitrogens with two attached hydrogens (primary N) is 1. The molecule has 5 atom stereocenters. The summed E-state index contributed by atoms with van der Waals surface area (Å²) in [6.45, 7) is 5.19. The van der Waals surface area contributed by atoms with Crippen LogP contribution < -0.4 is 21.7 Å². The topological polar surface area (TPSA) is 151 Å². The Morgan fingerprint density at radius 2 is 1.55 bits per heavy atom. The van der Waals surface area contributed by atoms with E-state index < -0.39 is 47.9 Å².